The Morgan fingerprint density at radius 2 is 2.15 bits per heavy atom. The lowest BCUT2D eigenvalue weighted by molar-refractivity contribution is -0.117. The van der Waals surface area contributed by atoms with Crippen LogP contribution < -0.4 is 5.32 Å². The monoisotopic (exact) mass is 366 g/mol. The number of nitrogens with zero attached hydrogens (tertiary/aromatic N) is 3. The molecule has 2 aliphatic rings. The lowest BCUT2D eigenvalue weighted by Gasteiger charge is -2.21. The summed E-state index contributed by atoms with van der Waals surface area (Å²) in [7, 11) is 0. The van der Waals surface area contributed by atoms with E-state index in [2.05, 4.69) is 16.5 Å². The van der Waals surface area contributed by atoms with E-state index in [0.717, 1.165) is 11.6 Å². The van der Waals surface area contributed by atoms with Crippen molar-refractivity contribution in [2.45, 2.75) is 37.1 Å². The van der Waals surface area contributed by atoms with Crippen molar-refractivity contribution >= 4 is 23.5 Å². The van der Waals surface area contributed by atoms with Crippen molar-refractivity contribution in [3.05, 3.63) is 35.9 Å². The summed E-state index contributed by atoms with van der Waals surface area (Å²) in [5.41, 5.74) is 1.27. The fourth-order valence-corrected chi connectivity index (χ4v) is 5.07. The van der Waals surface area contributed by atoms with E-state index in [1.807, 2.05) is 36.6 Å². The van der Waals surface area contributed by atoms with E-state index in [1.54, 1.807) is 4.68 Å². The van der Waals surface area contributed by atoms with E-state index >= 15 is 0 Å². The standard InChI is InChI=1S/C20H22N4OS/c1-26-20-17(12-21)19(24(23-20)16-5-3-2-4-6-16)22-18(25)11-15-10-13-7-8-14(15)9-13/h2-6,13-15H,7-11H2,1H3,(H,22,25)/t13-,14-,15-/m0/s1. The number of carbonyl (C=O) groups is 1. The first kappa shape index (κ1) is 17.2. The van der Waals surface area contributed by atoms with Gasteiger partial charge in [0.1, 0.15) is 16.7 Å². The van der Waals surface area contributed by atoms with Gasteiger partial charge in [0.15, 0.2) is 5.82 Å². The zero-order valence-corrected chi connectivity index (χ0v) is 15.6. The third-order valence-electron chi connectivity index (χ3n) is 5.75. The molecule has 5 nitrogen and oxygen atoms in total. The molecule has 2 fully saturated rings. The SMILES string of the molecule is CSc1nn(-c2ccccc2)c(NC(=O)C[C@@H]2C[C@H]3CC[C@H]2C3)c1C#N. The summed E-state index contributed by atoms with van der Waals surface area (Å²) in [6.07, 6.45) is 7.50. The molecule has 3 atom stereocenters. The summed E-state index contributed by atoms with van der Waals surface area (Å²) < 4.78 is 1.67. The number of nitriles is 1. The molecule has 1 aromatic heterocycles. The molecule has 0 aliphatic heterocycles. The van der Waals surface area contributed by atoms with E-state index in [1.165, 1.54) is 37.4 Å². The molecule has 1 heterocycles. The number of para-hydroxylation sites is 1. The second-order valence-corrected chi connectivity index (χ2v) is 8.07. The molecule has 134 valence electrons. The minimum Gasteiger partial charge on any atom is -0.309 e. The Labute approximate surface area is 157 Å². The van der Waals surface area contributed by atoms with E-state index < -0.39 is 0 Å². The van der Waals surface area contributed by atoms with Gasteiger partial charge in [-0.3, -0.25) is 4.79 Å². The van der Waals surface area contributed by atoms with Crippen molar-refractivity contribution in [1.82, 2.24) is 9.78 Å². The van der Waals surface area contributed by atoms with Crippen LogP contribution in [0, 0.1) is 29.1 Å². The Kier molecular flexibility index (Phi) is 4.73. The summed E-state index contributed by atoms with van der Waals surface area (Å²) in [5, 5.41) is 17.8. The predicted octanol–water partition coefficient (Wildman–Crippen LogP) is 4.23. The van der Waals surface area contributed by atoms with Crippen LogP contribution in [0.1, 0.15) is 37.7 Å². The molecule has 0 spiro atoms. The van der Waals surface area contributed by atoms with Gasteiger partial charge in [-0.2, -0.15) is 10.4 Å². The molecule has 1 N–H and O–H groups in total. The summed E-state index contributed by atoms with van der Waals surface area (Å²) in [6.45, 7) is 0. The third kappa shape index (κ3) is 3.12. The Hall–Kier alpha value is -2.26. The minimum absolute atomic E-state index is 0.0104. The average Bonchev–Trinajstić information content (AvgIpc) is 3.36. The molecule has 2 bridgehead atoms. The number of benzene rings is 1. The van der Waals surface area contributed by atoms with Gasteiger partial charge >= 0.3 is 0 Å². The fourth-order valence-electron chi connectivity index (χ4n) is 4.56. The van der Waals surface area contributed by atoms with E-state index in [9.17, 15) is 10.1 Å². The van der Waals surface area contributed by atoms with E-state index in [0.29, 0.717) is 34.7 Å². The van der Waals surface area contributed by atoms with Crippen molar-refractivity contribution in [2.75, 3.05) is 11.6 Å². The van der Waals surface area contributed by atoms with Crippen molar-refractivity contribution in [3.63, 3.8) is 0 Å². The van der Waals surface area contributed by atoms with Gasteiger partial charge in [0.05, 0.1) is 5.69 Å². The lowest BCUT2D eigenvalue weighted by atomic mass is 9.86. The van der Waals surface area contributed by atoms with Crippen molar-refractivity contribution in [2.24, 2.45) is 17.8 Å². The number of hydrogen-bond acceptors (Lipinski definition) is 4. The van der Waals surface area contributed by atoms with Crippen LogP contribution in [-0.2, 0) is 4.79 Å². The Morgan fingerprint density at radius 1 is 1.35 bits per heavy atom. The van der Waals surface area contributed by atoms with Gasteiger partial charge in [-0.1, -0.05) is 24.6 Å². The molecule has 1 aromatic carbocycles. The van der Waals surface area contributed by atoms with Crippen LogP contribution in [0.4, 0.5) is 5.82 Å². The molecule has 2 aliphatic carbocycles. The van der Waals surface area contributed by atoms with Crippen molar-refractivity contribution in [3.8, 4) is 11.8 Å². The number of nitrogens with one attached hydrogen (secondary N) is 1. The highest BCUT2D eigenvalue weighted by Gasteiger charge is 2.40. The fraction of sp³-hybridized carbons (Fsp3) is 0.450. The summed E-state index contributed by atoms with van der Waals surface area (Å²) in [4.78, 5) is 12.7. The molecule has 0 unspecified atom stereocenters. The topological polar surface area (TPSA) is 70.7 Å². The highest BCUT2D eigenvalue weighted by molar-refractivity contribution is 7.98. The molecular weight excluding hydrogens is 344 g/mol. The maximum absolute atomic E-state index is 12.7. The molecular formula is C20H22N4OS. The van der Waals surface area contributed by atoms with Crippen LogP contribution in [0.2, 0.25) is 0 Å². The summed E-state index contributed by atoms with van der Waals surface area (Å²) in [5.74, 6) is 2.50. The summed E-state index contributed by atoms with van der Waals surface area (Å²) >= 11 is 1.41. The smallest absolute Gasteiger partial charge is 0.225 e. The third-order valence-corrected chi connectivity index (χ3v) is 6.42. The number of rotatable bonds is 5. The van der Waals surface area contributed by atoms with Crippen LogP contribution in [-0.4, -0.2) is 21.9 Å². The Balaban J connectivity index is 1.59. The lowest BCUT2D eigenvalue weighted by Crippen LogP contribution is -2.22. The van der Waals surface area contributed by atoms with Gasteiger partial charge in [0.25, 0.3) is 0 Å². The Bertz CT molecular complexity index is 855. The molecule has 1 amide bonds. The van der Waals surface area contributed by atoms with Gasteiger partial charge in [-0.25, -0.2) is 4.68 Å². The average molecular weight is 366 g/mol. The van der Waals surface area contributed by atoms with Crippen LogP contribution in [0.5, 0.6) is 0 Å². The number of thioether (sulfide) groups is 1. The number of aromatic nitrogens is 2. The number of carbonyl (C=O) groups excluding carboxylic acids is 1. The maximum atomic E-state index is 12.7. The van der Waals surface area contributed by atoms with Gasteiger partial charge in [-0.15, -0.1) is 11.8 Å². The largest absolute Gasteiger partial charge is 0.309 e. The predicted molar refractivity (Wildman–Crippen MR) is 102 cm³/mol. The molecule has 6 heteroatoms. The van der Waals surface area contributed by atoms with Gasteiger partial charge in [0.2, 0.25) is 5.91 Å². The van der Waals surface area contributed by atoms with Crippen LogP contribution >= 0.6 is 11.8 Å². The van der Waals surface area contributed by atoms with Crippen LogP contribution in [0.15, 0.2) is 35.4 Å². The second kappa shape index (κ2) is 7.16. The highest BCUT2D eigenvalue weighted by atomic mass is 32.2. The normalized spacial score (nSPS) is 23.8. The second-order valence-electron chi connectivity index (χ2n) is 7.28. The molecule has 26 heavy (non-hydrogen) atoms. The zero-order valence-electron chi connectivity index (χ0n) is 14.8. The van der Waals surface area contributed by atoms with Crippen LogP contribution in [0.3, 0.4) is 0 Å². The zero-order chi connectivity index (χ0) is 18.1. The van der Waals surface area contributed by atoms with Gasteiger partial charge in [0, 0.05) is 6.42 Å². The van der Waals surface area contributed by atoms with Gasteiger partial charge < -0.3 is 5.32 Å². The molecule has 4 rings (SSSR count). The summed E-state index contributed by atoms with van der Waals surface area (Å²) in [6, 6.07) is 11.8. The van der Waals surface area contributed by atoms with E-state index in [-0.39, 0.29) is 5.91 Å². The van der Waals surface area contributed by atoms with Crippen LogP contribution in [0.25, 0.3) is 5.69 Å². The number of fused-ring (bicyclic) bond motifs is 2. The number of hydrogen-bond donors (Lipinski definition) is 1. The first-order valence-corrected chi connectivity index (χ1v) is 10.3. The molecule has 0 saturated heterocycles. The van der Waals surface area contributed by atoms with Gasteiger partial charge in [-0.05, 0) is 55.4 Å². The van der Waals surface area contributed by atoms with E-state index in [4.69, 9.17) is 0 Å². The van der Waals surface area contributed by atoms with Crippen molar-refractivity contribution in [1.29, 1.82) is 5.26 Å². The molecule has 2 saturated carbocycles. The minimum atomic E-state index is -0.0104. The maximum Gasteiger partial charge on any atom is 0.225 e. The highest BCUT2D eigenvalue weighted by Crippen LogP contribution is 2.49. The first-order valence-electron chi connectivity index (χ1n) is 9.12. The first-order chi connectivity index (χ1) is 12.7. The molecule has 0 radical (unpaired) electrons. The molecule has 2 aromatic rings. The Morgan fingerprint density at radius 3 is 2.77 bits per heavy atom. The quantitative estimate of drug-likeness (QED) is 0.804. The van der Waals surface area contributed by atoms with Crippen molar-refractivity contribution < 1.29 is 4.79 Å². The number of amides is 1. The number of anilines is 1.